The van der Waals surface area contributed by atoms with Gasteiger partial charge in [0.25, 0.3) is 0 Å². The number of rotatable bonds is 2. The molecule has 0 radical (unpaired) electrons. The molecular weight excluding hydrogens is 296 g/mol. The van der Waals surface area contributed by atoms with Crippen LogP contribution in [0.3, 0.4) is 0 Å². The van der Waals surface area contributed by atoms with Crippen molar-refractivity contribution >= 4 is 28.6 Å². The van der Waals surface area contributed by atoms with Gasteiger partial charge >= 0.3 is 17.1 Å². The Labute approximate surface area is 124 Å². The van der Waals surface area contributed by atoms with Crippen LogP contribution in [0.2, 0.25) is 5.02 Å². The summed E-state index contributed by atoms with van der Waals surface area (Å²) in [5, 5.41) is 0.504. The van der Waals surface area contributed by atoms with Gasteiger partial charge in [0.15, 0.2) is 0 Å². The second kappa shape index (κ2) is 5.04. The molecule has 2 heterocycles. The Balaban J connectivity index is 2.30. The summed E-state index contributed by atoms with van der Waals surface area (Å²) in [5.41, 5.74) is 0.681. The number of H-pyrrole nitrogens is 1. The van der Waals surface area contributed by atoms with Crippen molar-refractivity contribution in [2.75, 3.05) is 7.11 Å². The summed E-state index contributed by atoms with van der Waals surface area (Å²) < 4.78 is 6.07. The molecule has 1 atom stereocenters. The molecule has 0 fully saturated rings. The molecule has 1 aliphatic rings. The van der Waals surface area contributed by atoms with Crippen molar-refractivity contribution in [3.8, 4) is 0 Å². The lowest BCUT2D eigenvalue weighted by atomic mass is 9.96. The molecule has 1 aliphatic heterocycles. The van der Waals surface area contributed by atoms with E-state index in [2.05, 4.69) is 9.72 Å². The van der Waals surface area contributed by atoms with Gasteiger partial charge in [0.2, 0.25) is 0 Å². The van der Waals surface area contributed by atoms with Crippen LogP contribution in [-0.2, 0) is 16.0 Å². The second-order valence-electron chi connectivity index (χ2n) is 5.06. The Morgan fingerprint density at radius 2 is 2.24 bits per heavy atom. The Kier molecular flexibility index (Phi) is 3.33. The normalized spacial score (nSPS) is 17.0. The van der Waals surface area contributed by atoms with E-state index in [4.69, 9.17) is 11.6 Å². The topological polar surface area (TPSA) is 81.2 Å². The van der Waals surface area contributed by atoms with E-state index in [0.717, 1.165) is 5.56 Å². The summed E-state index contributed by atoms with van der Waals surface area (Å²) in [5.74, 6) is -0.405. The minimum atomic E-state index is -0.715. The molecule has 6 nitrogen and oxygen atoms in total. The second-order valence-corrected chi connectivity index (χ2v) is 5.50. The first-order chi connectivity index (χ1) is 10.0. The summed E-state index contributed by atoms with van der Waals surface area (Å²) >= 11 is 6.03. The lowest BCUT2D eigenvalue weighted by molar-refractivity contribution is -0.141. The van der Waals surface area contributed by atoms with Gasteiger partial charge in [-0.15, -0.1) is 0 Å². The summed E-state index contributed by atoms with van der Waals surface area (Å²) in [6.45, 7) is 0. The number of hydrogen-bond acceptors (Lipinski definition) is 4. The highest BCUT2D eigenvalue weighted by Gasteiger charge is 2.26. The van der Waals surface area contributed by atoms with E-state index in [1.807, 2.05) is 0 Å². The first-order valence-electron chi connectivity index (χ1n) is 6.55. The Hall–Kier alpha value is -2.08. The van der Waals surface area contributed by atoms with Crippen molar-refractivity contribution in [2.45, 2.75) is 25.3 Å². The number of hydrogen-bond donors (Lipinski definition) is 1. The van der Waals surface area contributed by atoms with E-state index in [9.17, 15) is 14.4 Å². The minimum Gasteiger partial charge on any atom is -0.469 e. The average Bonchev–Trinajstić information content (AvgIpc) is 2.45. The number of carbonyl (C=O) groups excluding carboxylic acids is 1. The molecule has 2 aromatic rings. The van der Waals surface area contributed by atoms with Gasteiger partial charge in [-0.1, -0.05) is 11.6 Å². The Morgan fingerprint density at radius 3 is 2.95 bits per heavy atom. The van der Waals surface area contributed by atoms with E-state index in [1.165, 1.54) is 11.7 Å². The minimum absolute atomic E-state index is 0.0665. The van der Waals surface area contributed by atoms with Crippen molar-refractivity contribution in [3.63, 3.8) is 0 Å². The number of methoxy groups -OCH3 is 1. The standard InChI is InChI=1S/C14H13ClN2O4/c1-21-11(18)6-9-3-2-7-4-8(15)5-10-12(7)17(9)14(20)13(19)16-10/h4-5,9H,2-3,6H2,1H3,(H,16,19). The molecule has 3 rings (SSSR count). The third-order valence-corrected chi connectivity index (χ3v) is 4.02. The van der Waals surface area contributed by atoms with Gasteiger partial charge in [-0.3, -0.25) is 19.0 Å². The zero-order valence-electron chi connectivity index (χ0n) is 11.3. The number of esters is 1. The SMILES string of the molecule is COC(=O)CC1CCc2cc(Cl)cc3[nH]c(=O)c(=O)n1c23. The van der Waals surface area contributed by atoms with E-state index in [0.29, 0.717) is 28.9 Å². The van der Waals surface area contributed by atoms with E-state index >= 15 is 0 Å². The predicted molar refractivity (Wildman–Crippen MR) is 77.8 cm³/mol. The number of aromatic amines is 1. The van der Waals surface area contributed by atoms with Crippen molar-refractivity contribution in [1.82, 2.24) is 9.55 Å². The monoisotopic (exact) mass is 308 g/mol. The molecule has 0 bridgehead atoms. The molecule has 21 heavy (non-hydrogen) atoms. The predicted octanol–water partition coefficient (Wildman–Crippen LogP) is 1.39. The van der Waals surface area contributed by atoms with Gasteiger partial charge in [-0.2, -0.15) is 0 Å². The molecule has 0 saturated carbocycles. The van der Waals surface area contributed by atoms with Crippen LogP contribution in [0.25, 0.3) is 11.0 Å². The fourth-order valence-corrected chi connectivity index (χ4v) is 3.12. The Bertz CT molecular complexity index is 852. The number of halogens is 1. The molecule has 110 valence electrons. The maximum atomic E-state index is 12.2. The van der Waals surface area contributed by atoms with Crippen LogP contribution in [0.1, 0.15) is 24.4 Å². The fraction of sp³-hybridized carbons (Fsp3) is 0.357. The number of nitrogens with one attached hydrogen (secondary N) is 1. The van der Waals surface area contributed by atoms with Gasteiger partial charge in [-0.05, 0) is 30.5 Å². The van der Waals surface area contributed by atoms with Crippen LogP contribution in [0, 0.1) is 0 Å². The van der Waals surface area contributed by atoms with Crippen LogP contribution in [0.4, 0.5) is 0 Å². The third kappa shape index (κ3) is 2.25. The number of aryl methyl sites for hydroxylation is 1. The molecule has 7 heteroatoms. The van der Waals surface area contributed by atoms with E-state index < -0.39 is 17.1 Å². The number of benzene rings is 1. The van der Waals surface area contributed by atoms with Crippen LogP contribution in [0.15, 0.2) is 21.7 Å². The van der Waals surface area contributed by atoms with Crippen molar-refractivity contribution < 1.29 is 9.53 Å². The summed E-state index contributed by atoms with van der Waals surface area (Å²) in [4.78, 5) is 38.1. The zero-order valence-corrected chi connectivity index (χ0v) is 12.1. The highest BCUT2D eigenvalue weighted by molar-refractivity contribution is 6.31. The fourth-order valence-electron chi connectivity index (χ4n) is 2.88. The smallest absolute Gasteiger partial charge is 0.317 e. The summed E-state index contributed by atoms with van der Waals surface area (Å²) in [6.07, 6.45) is 1.34. The number of carbonyl (C=O) groups is 1. The lowest BCUT2D eigenvalue weighted by Crippen LogP contribution is -2.40. The highest BCUT2D eigenvalue weighted by Crippen LogP contribution is 2.32. The number of ether oxygens (including phenoxy) is 1. The largest absolute Gasteiger partial charge is 0.469 e. The molecule has 1 aromatic carbocycles. The molecule has 1 aromatic heterocycles. The van der Waals surface area contributed by atoms with Crippen molar-refractivity contribution in [2.24, 2.45) is 0 Å². The highest BCUT2D eigenvalue weighted by atomic mass is 35.5. The third-order valence-electron chi connectivity index (χ3n) is 3.80. The molecule has 0 saturated heterocycles. The van der Waals surface area contributed by atoms with Crippen LogP contribution in [0.5, 0.6) is 0 Å². The zero-order chi connectivity index (χ0) is 15.1. The molecule has 1 N–H and O–H groups in total. The van der Waals surface area contributed by atoms with Crippen LogP contribution >= 0.6 is 11.6 Å². The first kappa shape index (κ1) is 13.9. The van der Waals surface area contributed by atoms with Gasteiger partial charge in [-0.25, -0.2) is 0 Å². The molecule has 0 aliphatic carbocycles. The average molecular weight is 309 g/mol. The number of aromatic nitrogens is 2. The van der Waals surface area contributed by atoms with Gasteiger partial charge in [0.05, 0.1) is 24.6 Å². The quantitative estimate of drug-likeness (QED) is 0.671. The summed E-state index contributed by atoms with van der Waals surface area (Å²) in [6, 6.07) is 3.02. The van der Waals surface area contributed by atoms with E-state index in [-0.39, 0.29) is 12.5 Å². The molecule has 0 amide bonds. The van der Waals surface area contributed by atoms with E-state index in [1.54, 1.807) is 12.1 Å². The molecular formula is C14H13ClN2O4. The van der Waals surface area contributed by atoms with Crippen molar-refractivity contribution in [3.05, 3.63) is 43.4 Å². The van der Waals surface area contributed by atoms with Gasteiger partial charge < -0.3 is 9.72 Å². The maximum Gasteiger partial charge on any atom is 0.317 e. The maximum absolute atomic E-state index is 12.2. The number of nitrogens with zero attached hydrogens (tertiary/aromatic N) is 1. The first-order valence-corrected chi connectivity index (χ1v) is 6.93. The van der Waals surface area contributed by atoms with Crippen LogP contribution in [-0.4, -0.2) is 22.6 Å². The Morgan fingerprint density at radius 1 is 1.48 bits per heavy atom. The van der Waals surface area contributed by atoms with Crippen LogP contribution < -0.4 is 11.1 Å². The van der Waals surface area contributed by atoms with Crippen molar-refractivity contribution in [1.29, 1.82) is 0 Å². The molecule has 1 unspecified atom stereocenters. The van der Waals surface area contributed by atoms with Gasteiger partial charge in [0, 0.05) is 11.1 Å². The lowest BCUT2D eigenvalue weighted by Gasteiger charge is -2.26. The van der Waals surface area contributed by atoms with Gasteiger partial charge in [0.1, 0.15) is 0 Å². The summed E-state index contributed by atoms with van der Waals surface area (Å²) in [7, 11) is 1.30. The molecule has 0 spiro atoms.